The van der Waals surface area contributed by atoms with Gasteiger partial charge in [-0.15, -0.1) is 0 Å². The molecule has 2 rings (SSSR count). The third kappa shape index (κ3) is 2.41. The minimum Gasteiger partial charge on any atom is -0.296 e. The van der Waals surface area contributed by atoms with Crippen molar-refractivity contribution in [3.8, 4) is 11.3 Å². The fourth-order valence-electron chi connectivity index (χ4n) is 2.25. The van der Waals surface area contributed by atoms with Gasteiger partial charge in [-0.1, -0.05) is 13.8 Å². The summed E-state index contributed by atoms with van der Waals surface area (Å²) in [6.45, 7) is 3.81. The van der Waals surface area contributed by atoms with Gasteiger partial charge < -0.3 is 0 Å². The lowest BCUT2D eigenvalue weighted by Gasteiger charge is -2.10. The van der Waals surface area contributed by atoms with E-state index in [1.807, 2.05) is 13.8 Å². The number of carbonyl (C=O) groups is 1. The molecule has 0 aliphatic heterocycles. The molecule has 3 nitrogen and oxygen atoms in total. The summed E-state index contributed by atoms with van der Waals surface area (Å²) in [4.78, 5) is 11.0. The summed E-state index contributed by atoms with van der Waals surface area (Å²) in [5.74, 6) is -1.28. The largest absolute Gasteiger partial charge is 0.296 e. The van der Waals surface area contributed by atoms with Gasteiger partial charge in [-0.3, -0.25) is 9.48 Å². The van der Waals surface area contributed by atoms with Gasteiger partial charge in [0.1, 0.15) is 17.3 Å². The van der Waals surface area contributed by atoms with Crippen molar-refractivity contribution in [1.82, 2.24) is 9.78 Å². The van der Waals surface area contributed by atoms with Gasteiger partial charge in [0, 0.05) is 24.2 Å². The summed E-state index contributed by atoms with van der Waals surface area (Å²) in [5.41, 5.74) is 1.94. The highest BCUT2D eigenvalue weighted by molar-refractivity contribution is 5.80. The highest BCUT2D eigenvalue weighted by Gasteiger charge is 2.20. The molecule has 0 spiro atoms. The number of nitrogens with zero attached hydrogens (tertiary/aromatic N) is 2. The second-order valence-corrected chi connectivity index (χ2v) is 4.70. The lowest BCUT2D eigenvalue weighted by molar-refractivity contribution is 0.111. The van der Waals surface area contributed by atoms with E-state index in [9.17, 15) is 13.6 Å². The zero-order chi connectivity index (χ0) is 14.2. The van der Waals surface area contributed by atoms with Crippen LogP contribution in [0.3, 0.4) is 0 Å². The molecule has 0 bridgehead atoms. The van der Waals surface area contributed by atoms with E-state index in [2.05, 4.69) is 5.10 Å². The Kier molecular flexibility index (Phi) is 3.46. The van der Waals surface area contributed by atoms with Crippen LogP contribution in [0, 0.1) is 11.6 Å². The second kappa shape index (κ2) is 4.91. The minimum absolute atomic E-state index is 0.0234. The summed E-state index contributed by atoms with van der Waals surface area (Å²) in [7, 11) is 1.65. The molecule has 2 aromatic rings. The number of aromatic nitrogens is 2. The Hall–Kier alpha value is -2.04. The van der Waals surface area contributed by atoms with E-state index in [4.69, 9.17) is 0 Å². The topological polar surface area (TPSA) is 34.9 Å². The summed E-state index contributed by atoms with van der Waals surface area (Å²) in [6.07, 6.45) is 0.661. The van der Waals surface area contributed by atoms with Gasteiger partial charge in [0.2, 0.25) is 0 Å². The summed E-state index contributed by atoms with van der Waals surface area (Å²) < 4.78 is 28.1. The molecule has 0 atom stereocenters. The molecule has 0 fully saturated rings. The standard InChI is InChI=1S/C14H14F2N2O/c1-8(2)13-12(7-19)17-18(3)14(13)9-4-10(15)6-11(16)5-9/h4-8H,1-3H3. The zero-order valence-electron chi connectivity index (χ0n) is 10.9. The lowest BCUT2D eigenvalue weighted by atomic mass is 9.96. The summed E-state index contributed by atoms with van der Waals surface area (Å²) in [6, 6.07) is 3.29. The van der Waals surface area contributed by atoms with Gasteiger partial charge in [0.25, 0.3) is 0 Å². The van der Waals surface area contributed by atoms with Gasteiger partial charge in [-0.25, -0.2) is 8.78 Å². The Balaban J connectivity index is 2.73. The van der Waals surface area contributed by atoms with Crippen molar-refractivity contribution < 1.29 is 13.6 Å². The van der Waals surface area contributed by atoms with Crippen molar-refractivity contribution in [3.05, 3.63) is 41.1 Å². The minimum atomic E-state index is -0.654. The molecule has 0 saturated carbocycles. The molecule has 1 aromatic heterocycles. The second-order valence-electron chi connectivity index (χ2n) is 4.70. The first-order valence-corrected chi connectivity index (χ1v) is 5.92. The van der Waals surface area contributed by atoms with E-state index in [0.717, 1.165) is 6.07 Å². The van der Waals surface area contributed by atoms with Crippen LogP contribution in [0.25, 0.3) is 11.3 Å². The molecule has 0 saturated heterocycles. The molecule has 0 unspecified atom stereocenters. The zero-order valence-corrected chi connectivity index (χ0v) is 10.9. The molecule has 0 amide bonds. The molecule has 0 aliphatic rings. The number of benzene rings is 1. The molecular formula is C14H14F2N2O. The maximum atomic E-state index is 13.3. The van der Waals surface area contributed by atoms with E-state index in [-0.39, 0.29) is 5.92 Å². The number of hydrogen-bond donors (Lipinski definition) is 0. The predicted octanol–water partition coefficient (Wildman–Crippen LogP) is 3.30. The molecule has 0 radical (unpaired) electrons. The monoisotopic (exact) mass is 264 g/mol. The molecule has 19 heavy (non-hydrogen) atoms. The fraction of sp³-hybridized carbons (Fsp3) is 0.286. The SMILES string of the molecule is CC(C)c1c(C=O)nn(C)c1-c1cc(F)cc(F)c1. The van der Waals surface area contributed by atoms with Crippen molar-refractivity contribution >= 4 is 6.29 Å². The molecule has 0 aliphatic carbocycles. The van der Waals surface area contributed by atoms with Crippen LogP contribution in [0.15, 0.2) is 18.2 Å². The van der Waals surface area contributed by atoms with Crippen molar-refractivity contribution in [1.29, 1.82) is 0 Å². The number of halogens is 2. The van der Waals surface area contributed by atoms with E-state index < -0.39 is 11.6 Å². The highest BCUT2D eigenvalue weighted by Crippen LogP contribution is 2.31. The predicted molar refractivity (Wildman–Crippen MR) is 68.0 cm³/mol. The first kappa shape index (κ1) is 13.4. The van der Waals surface area contributed by atoms with Crippen LogP contribution in [0.2, 0.25) is 0 Å². The van der Waals surface area contributed by atoms with Crippen molar-refractivity contribution in [2.75, 3.05) is 0 Å². The van der Waals surface area contributed by atoms with Gasteiger partial charge in [-0.05, 0) is 18.1 Å². The molecule has 100 valence electrons. The highest BCUT2D eigenvalue weighted by atomic mass is 19.1. The molecule has 5 heteroatoms. The Bertz CT molecular complexity index is 612. The first-order chi connectivity index (χ1) is 8.93. The van der Waals surface area contributed by atoms with E-state index in [0.29, 0.717) is 28.8 Å². The average molecular weight is 264 g/mol. The van der Waals surface area contributed by atoms with E-state index in [1.165, 1.54) is 16.8 Å². The average Bonchev–Trinajstić information content (AvgIpc) is 2.64. The Labute approximate surface area is 109 Å². The van der Waals surface area contributed by atoms with Crippen LogP contribution in [0.5, 0.6) is 0 Å². The van der Waals surface area contributed by atoms with Crippen molar-refractivity contribution in [3.63, 3.8) is 0 Å². The first-order valence-electron chi connectivity index (χ1n) is 5.92. The van der Waals surface area contributed by atoms with Gasteiger partial charge in [0.05, 0.1) is 5.69 Å². The quantitative estimate of drug-likeness (QED) is 0.797. The maximum absolute atomic E-state index is 13.3. The number of aldehydes is 1. The van der Waals surface area contributed by atoms with E-state index in [1.54, 1.807) is 7.05 Å². The number of hydrogen-bond acceptors (Lipinski definition) is 2. The Morgan fingerprint density at radius 1 is 1.21 bits per heavy atom. The molecule has 1 aromatic carbocycles. The molecule has 0 N–H and O–H groups in total. The van der Waals surface area contributed by atoms with Gasteiger partial charge in [0.15, 0.2) is 6.29 Å². The molecular weight excluding hydrogens is 250 g/mol. The van der Waals surface area contributed by atoms with Crippen LogP contribution < -0.4 is 0 Å². The number of carbonyl (C=O) groups excluding carboxylic acids is 1. The van der Waals surface area contributed by atoms with Crippen LogP contribution >= 0.6 is 0 Å². The Morgan fingerprint density at radius 2 is 1.79 bits per heavy atom. The third-order valence-electron chi connectivity index (χ3n) is 2.94. The van der Waals surface area contributed by atoms with Crippen LogP contribution in [-0.2, 0) is 7.05 Å². The van der Waals surface area contributed by atoms with Crippen LogP contribution in [-0.4, -0.2) is 16.1 Å². The van der Waals surface area contributed by atoms with Crippen molar-refractivity contribution in [2.45, 2.75) is 19.8 Å². The number of rotatable bonds is 3. The Morgan fingerprint density at radius 3 is 2.26 bits per heavy atom. The third-order valence-corrected chi connectivity index (χ3v) is 2.94. The van der Waals surface area contributed by atoms with Crippen molar-refractivity contribution in [2.24, 2.45) is 7.05 Å². The normalized spacial score (nSPS) is 11.1. The summed E-state index contributed by atoms with van der Waals surface area (Å²) >= 11 is 0. The molecule has 1 heterocycles. The fourth-order valence-corrected chi connectivity index (χ4v) is 2.25. The van der Waals surface area contributed by atoms with Crippen LogP contribution in [0.4, 0.5) is 8.78 Å². The maximum Gasteiger partial charge on any atom is 0.170 e. The summed E-state index contributed by atoms with van der Waals surface area (Å²) in [5, 5.41) is 4.09. The van der Waals surface area contributed by atoms with Gasteiger partial charge >= 0.3 is 0 Å². The van der Waals surface area contributed by atoms with Crippen LogP contribution in [0.1, 0.15) is 35.8 Å². The van der Waals surface area contributed by atoms with Gasteiger partial charge in [-0.2, -0.15) is 5.10 Å². The number of aryl methyl sites for hydroxylation is 1. The van der Waals surface area contributed by atoms with E-state index >= 15 is 0 Å². The lowest BCUT2D eigenvalue weighted by Crippen LogP contribution is -1.98. The smallest absolute Gasteiger partial charge is 0.170 e.